The number of benzene rings is 1. The Bertz CT molecular complexity index is 282. The summed E-state index contributed by atoms with van der Waals surface area (Å²) in [6.07, 6.45) is 2.30. The minimum Gasteiger partial charge on any atom is -0.438 e. The van der Waals surface area contributed by atoms with E-state index in [1.807, 2.05) is 18.2 Å². The molecule has 0 saturated carbocycles. The lowest BCUT2D eigenvalue weighted by atomic mass is 10.1. The van der Waals surface area contributed by atoms with Crippen molar-refractivity contribution in [1.82, 2.24) is 0 Å². The fourth-order valence-corrected chi connectivity index (χ4v) is 1.29. The van der Waals surface area contributed by atoms with Crippen molar-refractivity contribution in [3.05, 3.63) is 35.9 Å². The zero-order valence-electron chi connectivity index (χ0n) is 8.94. The van der Waals surface area contributed by atoms with E-state index in [-0.39, 0.29) is 0 Å². The van der Waals surface area contributed by atoms with E-state index < -0.39 is 6.16 Å². The molecule has 1 aromatic rings. The van der Waals surface area contributed by atoms with Gasteiger partial charge in [-0.15, -0.1) is 0 Å². The average molecular weight is 208 g/mol. The Morgan fingerprint density at radius 2 is 1.93 bits per heavy atom. The van der Waals surface area contributed by atoms with Crippen LogP contribution in [0.3, 0.4) is 0 Å². The predicted molar refractivity (Wildman–Crippen MR) is 57.7 cm³/mol. The molecule has 0 aliphatic rings. The molecule has 0 aliphatic carbocycles. The van der Waals surface area contributed by atoms with Crippen molar-refractivity contribution in [2.75, 3.05) is 13.7 Å². The van der Waals surface area contributed by atoms with Crippen LogP contribution in [0.1, 0.15) is 18.4 Å². The largest absolute Gasteiger partial charge is 0.507 e. The van der Waals surface area contributed by atoms with E-state index in [2.05, 4.69) is 16.9 Å². The standard InChI is InChI=1S/C12H16O3/c1-14-12(13)15-10-6-5-9-11-7-3-2-4-8-11/h2-4,7-8H,5-6,9-10H2,1H3. The minimum absolute atomic E-state index is 0.430. The van der Waals surface area contributed by atoms with E-state index in [0.717, 1.165) is 19.3 Å². The summed E-state index contributed by atoms with van der Waals surface area (Å²) in [5, 5.41) is 0. The van der Waals surface area contributed by atoms with Gasteiger partial charge < -0.3 is 9.47 Å². The summed E-state index contributed by atoms with van der Waals surface area (Å²) in [7, 11) is 1.31. The van der Waals surface area contributed by atoms with Gasteiger partial charge in [-0.1, -0.05) is 30.3 Å². The van der Waals surface area contributed by atoms with Crippen molar-refractivity contribution < 1.29 is 14.3 Å². The zero-order chi connectivity index (χ0) is 10.9. The summed E-state index contributed by atoms with van der Waals surface area (Å²) in [4.78, 5) is 10.6. The molecule has 3 heteroatoms. The van der Waals surface area contributed by atoms with Crippen LogP contribution in [-0.4, -0.2) is 19.9 Å². The van der Waals surface area contributed by atoms with Crippen molar-refractivity contribution in [3.8, 4) is 0 Å². The second-order valence-corrected chi connectivity index (χ2v) is 3.25. The molecule has 82 valence electrons. The third kappa shape index (κ3) is 5.05. The third-order valence-electron chi connectivity index (χ3n) is 2.09. The first kappa shape index (κ1) is 11.6. The van der Waals surface area contributed by atoms with Crippen molar-refractivity contribution in [3.63, 3.8) is 0 Å². The summed E-state index contributed by atoms with van der Waals surface area (Å²) >= 11 is 0. The Morgan fingerprint density at radius 3 is 2.60 bits per heavy atom. The number of hydrogen-bond acceptors (Lipinski definition) is 3. The fourth-order valence-electron chi connectivity index (χ4n) is 1.29. The maximum atomic E-state index is 10.6. The summed E-state index contributed by atoms with van der Waals surface area (Å²) in [5.74, 6) is 0. The number of rotatable bonds is 5. The van der Waals surface area contributed by atoms with E-state index in [1.165, 1.54) is 12.7 Å². The maximum absolute atomic E-state index is 10.6. The van der Waals surface area contributed by atoms with E-state index in [0.29, 0.717) is 6.61 Å². The Hall–Kier alpha value is -1.51. The van der Waals surface area contributed by atoms with E-state index in [9.17, 15) is 4.79 Å². The molecule has 0 saturated heterocycles. The Balaban J connectivity index is 2.05. The third-order valence-corrected chi connectivity index (χ3v) is 2.09. The van der Waals surface area contributed by atoms with E-state index in [4.69, 9.17) is 4.74 Å². The van der Waals surface area contributed by atoms with Crippen LogP contribution >= 0.6 is 0 Å². The Labute approximate surface area is 90.0 Å². The van der Waals surface area contributed by atoms with E-state index >= 15 is 0 Å². The number of aryl methyl sites for hydroxylation is 1. The van der Waals surface area contributed by atoms with Crippen molar-refractivity contribution in [1.29, 1.82) is 0 Å². The van der Waals surface area contributed by atoms with Gasteiger partial charge in [0.15, 0.2) is 0 Å². The molecular weight excluding hydrogens is 192 g/mol. The number of carbonyl (C=O) groups is 1. The highest BCUT2D eigenvalue weighted by atomic mass is 16.7. The van der Waals surface area contributed by atoms with Crippen LogP contribution in [0.4, 0.5) is 4.79 Å². The molecule has 3 nitrogen and oxygen atoms in total. The molecule has 0 heterocycles. The lowest BCUT2D eigenvalue weighted by molar-refractivity contribution is 0.0715. The number of unbranched alkanes of at least 4 members (excludes halogenated alkanes) is 1. The van der Waals surface area contributed by atoms with Crippen molar-refractivity contribution in [2.45, 2.75) is 19.3 Å². The SMILES string of the molecule is COC(=O)OCCCCc1ccccc1. The molecule has 0 amide bonds. The van der Waals surface area contributed by atoms with Gasteiger partial charge in [-0.2, -0.15) is 0 Å². The van der Waals surface area contributed by atoms with Crippen LogP contribution in [0.25, 0.3) is 0 Å². The number of hydrogen-bond donors (Lipinski definition) is 0. The lowest BCUT2D eigenvalue weighted by Gasteiger charge is -2.03. The van der Waals surface area contributed by atoms with Crippen LogP contribution in [0, 0.1) is 0 Å². The van der Waals surface area contributed by atoms with Gasteiger partial charge in [0.1, 0.15) is 0 Å². The van der Waals surface area contributed by atoms with Crippen LogP contribution in [0.15, 0.2) is 30.3 Å². The molecule has 1 rings (SSSR count). The monoisotopic (exact) mass is 208 g/mol. The van der Waals surface area contributed by atoms with Gasteiger partial charge in [0.2, 0.25) is 0 Å². The minimum atomic E-state index is -0.602. The second-order valence-electron chi connectivity index (χ2n) is 3.25. The molecule has 0 fully saturated rings. The Kier molecular flexibility index (Phi) is 5.30. The molecule has 15 heavy (non-hydrogen) atoms. The fraction of sp³-hybridized carbons (Fsp3) is 0.417. The van der Waals surface area contributed by atoms with Crippen LogP contribution < -0.4 is 0 Å². The summed E-state index contributed by atoms with van der Waals surface area (Å²) < 4.78 is 9.12. The van der Waals surface area contributed by atoms with Crippen LogP contribution in [-0.2, 0) is 15.9 Å². The highest BCUT2D eigenvalue weighted by Gasteiger charge is 1.99. The highest BCUT2D eigenvalue weighted by molar-refractivity contribution is 5.59. The second kappa shape index (κ2) is 6.87. The molecule has 0 bridgehead atoms. The quantitative estimate of drug-likeness (QED) is 0.551. The number of carbonyl (C=O) groups excluding carboxylic acids is 1. The van der Waals surface area contributed by atoms with Gasteiger partial charge in [0.25, 0.3) is 0 Å². The molecule has 0 atom stereocenters. The predicted octanol–water partition coefficient (Wildman–Crippen LogP) is 2.79. The molecule has 0 spiro atoms. The first-order valence-corrected chi connectivity index (χ1v) is 5.07. The molecule has 0 N–H and O–H groups in total. The maximum Gasteiger partial charge on any atom is 0.507 e. The summed E-state index contributed by atoms with van der Waals surface area (Å²) in [6.45, 7) is 0.430. The van der Waals surface area contributed by atoms with Gasteiger partial charge >= 0.3 is 6.16 Å². The topological polar surface area (TPSA) is 35.5 Å². The molecular formula is C12H16O3. The number of ether oxygens (including phenoxy) is 2. The molecule has 0 unspecified atom stereocenters. The average Bonchev–Trinajstić information content (AvgIpc) is 2.29. The van der Waals surface area contributed by atoms with Crippen LogP contribution in [0.2, 0.25) is 0 Å². The smallest absolute Gasteiger partial charge is 0.438 e. The molecule has 0 radical (unpaired) electrons. The first-order valence-electron chi connectivity index (χ1n) is 5.07. The molecule has 0 aliphatic heterocycles. The molecule has 0 aromatic heterocycles. The van der Waals surface area contributed by atoms with Gasteiger partial charge in [-0.25, -0.2) is 4.79 Å². The van der Waals surface area contributed by atoms with Gasteiger partial charge in [-0.05, 0) is 24.8 Å². The normalized spacial score (nSPS) is 9.67. The first-order chi connectivity index (χ1) is 7.33. The molecule has 1 aromatic carbocycles. The number of methoxy groups -OCH3 is 1. The van der Waals surface area contributed by atoms with Gasteiger partial charge in [0, 0.05) is 0 Å². The van der Waals surface area contributed by atoms with Gasteiger partial charge in [0.05, 0.1) is 13.7 Å². The summed E-state index contributed by atoms with van der Waals surface area (Å²) in [6, 6.07) is 10.3. The van der Waals surface area contributed by atoms with Gasteiger partial charge in [-0.3, -0.25) is 0 Å². The summed E-state index contributed by atoms with van der Waals surface area (Å²) in [5.41, 5.74) is 1.32. The van der Waals surface area contributed by atoms with Crippen LogP contribution in [0.5, 0.6) is 0 Å². The lowest BCUT2D eigenvalue weighted by Crippen LogP contribution is -2.05. The van der Waals surface area contributed by atoms with E-state index in [1.54, 1.807) is 0 Å². The van der Waals surface area contributed by atoms with Crippen molar-refractivity contribution >= 4 is 6.16 Å². The highest BCUT2D eigenvalue weighted by Crippen LogP contribution is 2.04. The Morgan fingerprint density at radius 1 is 1.20 bits per heavy atom. The van der Waals surface area contributed by atoms with Crippen molar-refractivity contribution in [2.24, 2.45) is 0 Å². The zero-order valence-corrected chi connectivity index (χ0v) is 8.94.